The Morgan fingerprint density at radius 1 is 1.11 bits per heavy atom. The maximum Gasteiger partial charge on any atom is 0.0249 e. The van der Waals surface area contributed by atoms with Gasteiger partial charge in [0, 0.05) is 18.1 Å². The van der Waals surface area contributed by atoms with Crippen LogP contribution < -0.4 is 5.32 Å². The van der Waals surface area contributed by atoms with Crippen LogP contribution in [0.15, 0.2) is 0 Å². The van der Waals surface area contributed by atoms with Crippen LogP contribution in [0.3, 0.4) is 0 Å². The largest absolute Gasteiger partial charge is 0.315 e. The number of likely N-dealkylation sites (tertiary alicyclic amines) is 1. The molecule has 3 heteroatoms. The minimum absolute atomic E-state index is 0.716. The zero-order chi connectivity index (χ0) is 13.0. The zero-order valence-corrected chi connectivity index (χ0v) is 12.5. The summed E-state index contributed by atoms with van der Waals surface area (Å²) in [6.07, 6.45) is 8.29. The molecule has 0 bridgehead atoms. The van der Waals surface area contributed by atoms with Gasteiger partial charge in [-0.2, -0.15) is 0 Å². The van der Waals surface area contributed by atoms with Gasteiger partial charge in [-0.3, -0.25) is 4.90 Å². The first-order valence-corrected chi connectivity index (χ1v) is 7.87. The standard InChI is InChI=1S/C15H31N3/c1-4-18-11-9-13(10-12-18)17(3)15-8-6-5-7-14(15)16-2/h13-16H,4-12H2,1-3H3. The van der Waals surface area contributed by atoms with Gasteiger partial charge in [0.25, 0.3) is 0 Å². The molecule has 1 heterocycles. The van der Waals surface area contributed by atoms with Gasteiger partial charge in [-0.05, 0) is 59.4 Å². The molecule has 2 rings (SSSR count). The molecule has 1 saturated carbocycles. The minimum Gasteiger partial charge on any atom is -0.315 e. The van der Waals surface area contributed by atoms with Crippen molar-refractivity contribution < 1.29 is 0 Å². The lowest BCUT2D eigenvalue weighted by atomic mass is 9.87. The summed E-state index contributed by atoms with van der Waals surface area (Å²) in [5, 5.41) is 3.54. The second-order valence-corrected chi connectivity index (χ2v) is 6.08. The molecule has 0 aromatic rings. The monoisotopic (exact) mass is 253 g/mol. The topological polar surface area (TPSA) is 18.5 Å². The van der Waals surface area contributed by atoms with Crippen molar-refractivity contribution in [1.82, 2.24) is 15.1 Å². The fourth-order valence-corrected chi connectivity index (χ4v) is 3.85. The van der Waals surface area contributed by atoms with Gasteiger partial charge >= 0.3 is 0 Å². The van der Waals surface area contributed by atoms with E-state index in [1.807, 2.05) is 0 Å². The summed E-state index contributed by atoms with van der Waals surface area (Å²) in [5.74, 6) is 0. The average Bonchev–Trinajstić information content (AvgIpc) is 2.46. The van der Waals surface area contributed by atoms with Gasteiger partial charge < -0.3 is 10.2 Å². The molecule has 0 amide bonds. The van der Waals surface area contributed by atoms with Gasteiger partial charge in [0.05, 0.1) is 0 Å². The molecule has 1 aliphatic carbocycles. The number of hydrogen-bond acceptors (Lipinski definition) is 3. The van der Waals surface area contributed by atoms with Crippen LogP contribution >= 0.6 is 0 Å². The van der Waals surface area contributed by atoms with Crippen molar-refractivity contribution in [2.24, 2.45) is 0 Å². The van der Waals surface area contributed by atoms with Crippen LogP contribution in [0.4, 0.5) is 0 Å². The van der Waals surface area contributed by atoms with E-state index in [2.05, 4.69) is 36.1 Å². The van der Waals surface area contributed by atoms with Crippen LogP contribution in [0.25, 0.3) is 0 Å². The smallest absolute Gasteiger partial charge is 0.0249 e. The Morgan fingerprint density at radius 3 is 2.39 bits per heavy atom. The molecule has 2 atom stereocenters. The van der Waals surface area contributed by atoms with E-state index in [0.717, 1.165) is 12.1 Å². The molecule has 1 saturated heterocycles. The molecule has 1 N–H and O–H groups in total. The fraction of sp³-hybridized carbons (Fsp3) is 1.00. The first-order valence-electron chi connectivity index (χ1n) is 7.87. The molecule has 106 valence electrons. The SMILES string of the molecule is CCN1CCC(N(C)C2CCCCC2NC)CC1. The molecule has 18 heavy (non-hydrogen) atoms. The summed E-state index contributed by atoms with van der Waals surface area (Å²) in [4.78, 5) is 5.29. The van der Waals surface area contributed by atoms with Crippen molar-refractivity contribution >= 4 is 0 Å². The van der Waals surface area contributed by atoms with Crippen molar-refractivity contribution in [2.45, 2.75) is 63.6 Å². The summed E-state index contributed by atoms with van der Waals surface area (Å²) in [6, 6.07) is 2.29. The second kappa shape index (κ2) is 6.88. The van der Waals surface area contributed by atoms with Crippen LogP contribution in [0.2, 0.25) is 0 Å². The van der Waals surface area contributed by atoms with E-state index in [-0.39, 0.29) is 0 Å². The van der Waals surface area contributed by atoms with Crippen LogP contribution in [-0.4, -0.2) is 61.7 Å². The molecule has 3 nitrogen and oxygen atoms in total. The van der Waals surface area contributed by atoms with Crippen molar-refractivity contribution in [1.29, 1.82) is 0 Å². The third-order valence-electron chi connectivity index (χ3n) is 5.20. The van der Waals surface area contributed by atoms with Gasteiger partial charge in [0.15, 0.2) is 0 Å². The third-order valence-corrected chi connectivity index (χ3v) is 5.20. The lowest BCUT2D eigenvalue weighted by Crippen LogP contribution is -2.54. The summed E-state index contributed by atoms with van der Waals surface area (Å²) < 4.78 is 0. The van der Waals surface area contributed by atoms with E-state index in [1.165, 1.54) is 58.2 Å². The maximum absolute atomic E-state index is 3.54. The molecule has 2 aliphatic rings. The van der Waals surface area contributed by atoms with Gasteiger partial charge in [-0.25, -0.2) is 0 Å². The highest BCUT2D eigenvalue weighted by Crippen LogP contribution is 2.26. The van der Waals surface area contributed by atoms with Crippen molar-refractivity contribution in [3.05, 3.63) is 0 Å². The van der Waals surface area contributed by atoms with Gasteiger partial charge in [-0.15, -0.1) is 0 Å². The molecular weight excluding hydrogens is 222 g/mol. The van der Waals surface area contributed by atoms with Crippen molar-refractivity contribution in [3.8, 4) is 0 Å². The predicted molar refractivity (Wildman–Crippen MR) is 78.0 cm³/mol. The summed E-state index contributed by atoms with van der Waals surface area (Å²) >= 11 is 0. The van der Waals surface area contributed by atoms with Crippen LogP contribution in [0, 0.1) is 0 Å². The predicted octanol–water partition coefficient (Wildman–Crippen LogP) is 1.93. The van der Waals surface area contributed by atoms with Gasteiger partial charge in [-0.1, -0.05) is 19.8 Å². The van der Waals surface area contributed by atoms with Crippen LogP contribution in [0.5, 0.6) is 0 Å². The van der Waals surface area contributed by atoms with Gasteiger partial charge in [0.1, 0.15) is 0 Å². The Balaban J connectivity index is 1.87. The number of likely N-dealkylation sites (N-methyl/N-ethyl adjacent to an activating group) is 2. The van der Waals surface area contributed by atoms with E-state index in [4.69, 9.17) is 0 Å². The number of hydrogen-bond donors (Lipinski definition) is 1. The number of nitrogens with one attached hydrogen (secondary N) is 1. The lowest BCUT2D eigenvalue weighted by molar-refractivity contribution is 0.0662. The van der Waals surface area contributed by atoms with E-state index in [9.17, 15) is 0 Å². The highest BCUT2D eigenvalue weighted by Gasteiger charge is 2.32. The van der Waals surface area contributed by atoms with E-state index in [0.29, 0.717) is 6.04 Å². The first kappa shape index (κ1) is 14.3. The van der Waals surface area contributed by atoms with Crippen LogP contribution in [0.1, 0.15) is 45.4 Å². The second-order valence-electron chi connectivity index (χ2n) is 6.08. The molecule has 0 spiro atoms. The van der Waals surface area contributed by atoms with Crippen molar-refractivity contribution in [3.63, 3.8) is 0 Å². The Hall–Kier alpha value is -0.120. The molecule has 2 unspecified atom stereocenters. The van der Waals surface area contributed by atoms with Crippen LogP contribution in [-0.2, 0) is 0 Å². The zero-order valence-electron chi connectivity index (χ0n) is 12.5. The molecule has 0 radical (unpaired) electrons. The lowest BCUT2D eigenvalue weighted by Gasteiger charge is -2.44. The summed E-state index contributed by atoms with van der Waals surface area (Å²) in [5.41, 5.74) is 0. The quantitative estimate of drug-likeness (QED) is 0.826. The molecular formula is C15H31N3. The Morgan fingerprint density at radius 2 is 1.78 bits per heavy atom. The number of rotatable bonds is 4. The first-order chi connectivity index (χ1) is 8.76. The summed E-state index contributed by atoms with van der Waals surface area (Å²) in [7, 11) is 4.50. The molecule has 0 aromatic heterocycles. The molecule has 2 fully saturated rings. The average molecular weight is 253 g/mol. The molecule has 1 aliphatic heterocycles. The Bertz CT molecular complexity index is 236. The van der Waals surface area contributed by atoms with E-state index < -0.39 is 0 Å². The highest BCUT2D eigenvalue weighted by molar-refractivity contribution is 4.90. The molecule has 0 aromatic carbocycles. The Labute approximate surface area is 113 Å². The highest BCUT2D eigenvalue weighted by atomic mass is 15.2. The number of piperidine rings is 1. The van der Waals surface area contributed by atoms with E-state index in [1.54, 1.807) is 0 Å². The maximum atomic E-state index is 3.54. The summed E-state index contributed by atoms with van der Waals surface area (Å²) in [6.45, 7) is 6.09. The normalized spacial score (nSPS) is 32.0. The minimum atomic E-state index is 0.716. The third kappa shape index (κ3) is 3.25. The van der Waals surface area contributed by atoms with E-state index >= 15 is 0 Å². The fourth-order valence-electron chi connectivity index (χ4n) is 3.85. The Kier molecular flexibility index (Phi) is 5.46. The van der Waals surface area contributed by atoms with Crippen molar-refractivity contribution in [2.75, 3.05) is 33.7 Å². The number of nitrogens with zero attached hydrogens (tertiary/aromatic N) is 2. The van der Waals surface area contributed by atoms with Gasteiger partial charge in [0.2, 0.25) is 0 Å².